The Kier molecular flexibility index (Phi) is 5.12. The van der Waals surface area contributed by atoms with Crippen LogP contribution < -0.4 is 0 Å². The molecule has 0 atom stereocenters. The van der Waals surface area contributed by atoms with Crippen molar-refractivity contribution in [1.29, 1.82) is 0 Å². The average molecular weight is 467 g/mol. The van der Waals surface area contributed by atoms with Gasteiger partial charge in [-0.15, -0.1) is 0 Å². The zero-order valence-electron chi connectivity index (χ0n) is 19.9. The number of rotatable bonds is 5. The van der Waals surface area contributed by atoms with Crippen molar-refractivity contribution in [3.8, 4) is 11.1 Å². The van der Waals surface area contributed by atoms with E-state index in [1.807, 2.05) is 53.9 Å². The van der Waals surface area contributed by atoms with Gasteiger partial charge in [-0.3, -0.25) is 14.3 Å². The SMILES string of the molecule is c1ccn2c(Cn3ncc4ncc(-c5cnn(C6CCN(C7CCCC7)CC6)c5)cc43)cnc2c1. The standard InChI is InChI=1S/C27H30N8/c1-2-6-22(5-1)32-11-8-23(9-12-32)34-18-21(15-30-34)20-13-26-25(28-14-20)17-31-35(26)19-24-16-29-27-7-3-4-10-33(24)27/h3-4,7,10,13-18,22-23H,1-2,5-6,8-9,11-12,19H2. The van der Waals surface area contributed by atoms with Gasteiger partial charge in [0.1, 0.15) is 11.2 Å². The summed E-state index contributed by atoms with van der Waals surface area (Å²) in [5.74, 6) is 0. The number of fused-ring (bicyclic) bond motifs is 2. The molecule has 7 rings (SSSR count). The lowest BCUT2D eigenvalue weighted by Gasteiger charge is -2.36. The Labute approximate surface area is 204 Å². The lowest BCUT2D eigenvalue weighted by Crippen LogP contribution is -2.40. The number of likely N-dealkylation sites (tertiary alicyclic amines) is 1. The fraction of sp³-hybridized carbons (Fsp3) is 0.407. The molecule has 5 aromatic rings. The minimum absolute atomic E-state index is 0.485. The van der Waals surface area contributed by atoms with E-state index in [-0.39, 0.29) is 0 Å². The van der Waals surface area contributed by atoms with Crippen molar-refractivity contribution in [3.63, 3.8) is 0 Å². The Morgan fingerprint density at radius 1 is 0.829 bits per heavy atom. The summed E-state index contributed by atoms with van der Waals surface area (Å²) in [6, 6.07) is 9.54. The van der Waals surface area contributed by atoms with Crippen LogP contribution in [0, 0.1) is 0 Å². The highest BCUT2D eigenvalue weighted by Crippen LogP contribution is 2.31. The quantitative estimate of drug-likeness (QED) is 0.380. The second kappa shape index (κ2) is 8.61. The Morgan fingerprint density at radius 2 is 1.71 bits per heavy atom. The van der Waals surface area contributed by atoms with E-state index in [1.54, 1.807) is 0 Å². The number of piperidine rings is 1. The highest BCUT2D eigenvalue weighted by atomic mass is 15.3. The monoisotopic (exact) mass is 466 g/mol. The molecule has 178 valence electrons. The van der Waals surface area contributed by atoms with Crippen molar-refractivity contribution in [1.82, 2.24) is 38.8 Å². The van der Waals surface area contributed by atoms with Gasteiger partial charge in [-0.2, -0.15) is 10.2 Å². The van der Waals surface area contributed by atoms with Crippen molar-refractivity contribution in [2.24, 2.45) is 0 Å². The molecule has 1 saturated carbocycles. The van der Waals surface area contributed by atoms with Crippen LogP contribution in [0.3, 0.4) is 0 Å². The van der Waals surface area contributed by atoms with Gasteiger partial charge in [-0.05, 0) is 43.9 Å². The van der Waals surface area contributed by atoms with Crippen molar-refractivity contribution >= 4 is 16.7 Å². The van der Waals surface area contributed by atoms with Gasteiger partial charge in [0.25, 0.3) is 0 Å². The number of hydrogen-bond donors (Lipinski definition) is 0. The van der Waals surface area contributed by atoms with Crippen LogP contribution >= 0.6 is 0 Å². The molecule has 6 heterocycles. The van der Waals surface area contributed by atoms with E-state index in [1.165, 1.54) is 51.6 Å². The summed E-state index contributed by atoms with van der Waals surface area (Å²) < 4.78 is 6.29. The first-order chi connectivity index (χ1) is 17.3. The summed E-state index contributed by atoms with van der Waals surface area (Å²) >= 11 is 0. The Morgan fingerprint density at radius 3 is 2.60 bits per heavy atom. The van der Waals surface area contributed by atoms with E-state index in [9.17, 15) is 0 Å². The average Bonchev–Trinajstić information content (AvgIpc) is 3.72. The molecule has 0 spiro atoms. The number of nitrogens with zero attached hydrogens (tertiary/aromatic N) is 8. The molecule has 1 saturated heterocycles. The maximum atomic E-state index is 4.76. The maximum Gasteiger partial charge on any atom is 0.136 e. The number of pyridine rings is 2. The molecule has 0 unspecified atom stereocenters. The van der Waals surface area contributed by atoms with Crippen LogP contribution in [0.5, 0.6) is 0 Å². The van der Waals surface area contributed by atoms with Gasteiger partial charge >= 0.3 is 0 Å². The lowest BCUT2D eigenvalue weighted by molar-refractivity contribution is 0.132. The maximum absolute atomic E-state index is 4.76. The zero-order valence-corrected chi connectivity index (χ0v) is 19.9. The normalized spacial score (nSPS) is 18.3. The molecule has 0 aromatic carbocycles. The van der Waals surface area contributed by atoms with Gasteiger partial charge in [0.2, 0.25) is 0 Å². The van der Waals surface area contributed by atoms with Crippen LogP contribution in [0.4, 0.5) is 0 Å². The fourth-order valence-corrected chi connectivity index (χ4v) is 5.97. The van der Waals surface area contributed by atoms with Crippen LogP contribution in [0.25, 0.3) is 27.8 Å². The summed E-state index contributed by atoms with van der Waals surface area (Å²) in [6.45, 7) is 3.03. The molecule has 1 aliphatic heterocycles. The first kappa shape index (κ1) is 20.8. The molecule has 0 amide bonds. The van der Waals surface area contributed by atoms with Crippen LogP contribution in [-0.4, -0.2) is 58.0 Å². The smallest absolute Gasteiger partial charge is 0.136 e. The molecular formula is C27H30N8. The van der Waals surface area contributed by atoms with Crippen molar-refractivity contribution in [2.75, 3.05) is 13.1 Å². The summed E-state index contributed by atoms with van der Waals surface area (Å²) in [5.41, 5.74) is 6.14. The second-order valence-electron chi connectivity index (χ2n) is 10.0. The molecule has 35 heavy (non-hydrogen) atoms. The summed E-state index contributed by atoms with van der Waals surface area (Å²) in [4.78, 5) is 11.9. The van der Waals surface area contributed by atoms with E-state index in [0.29, 0.717) is 12.6 Å². The predicted molar refractivity (Wildman–Crippen MR) is 135 cm³/mol. The molecule has 0 bridgehead atoms. The molecule has 2 aliphatic rings. The summed E-state index contributed by atoms with van der Waals surface area (Å²) in [7, 11) is 0. The topological polar surface area (TPSA) is 69.1 Å². The third-order valence-electron chi connectivity index (χ3n) is 7.95. The highest BCUT2D eigenvalue weighted by Gasteiger charge is 2.28. The Hall–Kier alpha value is -3.52. The Balaban J connectivity index is 1.11. The van der Waals surface area contributed by atoms with Gasteiger partial charge in [0, 0.05) is 48.8 Å². The minimum Gasteiger partial charge on any atom is -0.302 e. The van der Waals surface area contributed by atoms with Gasteiger partial charge in [0.05, 0.1) is 42.4 Å². The number of aromatic nitrogens is 7. The van der Waals surface area contributed by atoms with Crippen LogP contribution in [-0.2, 0) is 6.54 Å². The van der Waals surface area contributed by atoms with Gasteiger partial charge in [0.15, 0.2) is 0 Å². The van der Waals surface area contributed by atoms with Crippen molar-refractivity contribution in [3.05, 3.63) is 67.1 Å². The Bertz CT molecular complexity index is 1460. The first-order valence-electron chi connectivity index (χ1n) is 12.8. The molecule has 2 fully saturated rings. The third kappa shape index (κ3) is 3.82. The first-order valence-corrected chi connectivity index (χ1v) is 12.8. The number of hydrogen-bond acceptors (Lipinski definition) is 5. The van der Waals surface area contributed by atoms with Crippen LogP contribution in [0.2, 0.25) is 0 Å². The summed E-state index contributed by atoms with van der Waals surface area (Å²) in [6.07, 6.45) is 19.9. The summed E-state index contributed by atoms with van der Waals surface area (Å²) in [5, 5.41) is 9.38. The minimum atomic E-state index is 0.485. The van der Waals surface area contributed by atoms with E-state index in [0.717, 1.165) is 39.5 Å². The largest absolute Gasteiger partial charge is 0.302 e. The predicted octanol–water partition coefficient (Wildman–Crippen LogP) is 4.57. The molecule has 5 aromatic heterocycles. The number of imidazole rings is 1. The zero-order chi connectivity index (χ0) is 23.2. The fourth-order valence-electron chi connectivity index (χ4n) is 5.97. The highest BCUT2D eigenvalue weighted by molar-refractivity contribution is 5.80. The lowest BCUT2D eigenvalue weighted by atomic mass is 10.0. The molecule has 1 aliphatic carbocycles. The van der Waals surface area contributed by atoms with Crippen molar-refractivity contribution in [2.45, 2.75) is 57.2 Å². The van der Waals surface area contributed by atoms with Gasteiger partial charge in [-0.1, -0.05) is 18.9 Å². The molecule has 0 N–H and O–H groups in total. The molecule has 8 nitrogen and oxygen atoms in total. The molecular weight excluding hydrogens is 436 g/mol. The third-order valence-corrected chi connectivity index (χ3v) is 7.95. The van der Waals surface area contributed by atoms with E-state index >= 15 is 0 Å². The van der Waals surface area contributed by atoms with Gasteiger partial charge in [-0.25, -0.2) is 4.98 Å². The van der Waals surface area contributed by atoms with Crippen LogP contribution in [0.1, 0.15) is 50.3 Å². The van der Waals surface area contributed by atoms with E-state index in [4.69, 9.17) is 10.1 Å². The second-order valence-corrected chi connectivity index (χ2v) is 10.0. The van der Waals surface area contributed by atoms with Crippen molar-refractivity contribution < 1.29 is 0 Å². The van der Waals surface area contributed by atoms with E-state index in [2.05, 4.69) is 36.3 Å². The van der Waals surface area contributed by atoms with Gasteiger partial charge < -0.3 is 9.30 Å². The van der Waals surface area contributed by atoms with E-state index < -0.39 is 0 Å². The van der Waals surface area contributed by atoms with Crippen LogP contribution in [0.15, 0.2) is 61.4 Å². The molecule has 0 radical (unpaired) electrons. The molecule has 8 heteroatoms.